The highest BCUT2D eigenvalue weighted by molar-refractivity contribution is 6.30. The molecule has 0 unspecified atom stereocenters. The number of nitrogens with one attached hydrogen (secondary N) is 1. The van der Waals surface area contributed by atoms with Gasteiger partial charge in [0.15, 0.2) is 0 Å². The summed E-state index contributed by atoms with van der Waals surface area (Å²) < 4.78 is 0. The summed E-state index contributed by atoms with van der Waals surface area (Å²) in [5.41, 5.74) is 1.57. The van der Waals surface area contributed by atoms with Crippen LogP contribution in [0.4, 0.5) is 0 Å². The highest BCUT2D eigenvalue weighted by Crippen LogP contribution is 2.41. The van der Waals surface area contributed by atoms with Crippen molar-refractivity contribution in [2.24, 2.45) is 11.8 Å². The van der Waals surface area contributed by atoms with Crippen LogP contribution < -0.4 is 5.32 Å². The first-order chi connectivity index (χ1) is 13.6. The van der Waals surface area contributed by atoms with E-state index in [0.717, 1.165) is 18.4 Å². The van der Waals surface area contributed by atoms with E-state index in [1.165, 1.54) is 0 Å². The molecule has 0 spiro atoms. The van der Waals surface area contributed by atoms with Crippen molar-refractivity contribution in [2.75, 3.05) is 13.1 Å². The summed E-state index contributed by atoms with van der Waals surface area (Å²) in [4.78, 5) is 31.3. The van der Waals surface area contributed by atoms with Gasteiger partial charge in [0.2, 0.25) is 5.91 Å². The number of nitrogens with zero attached hydrogens (tertiary/aromatic N) is 2. The third-order valence-electron chi connectivity index (χ3n) is 5.66. The summed E-state index contributed by atoms with van der Waals surface area (Å²) in [5, 5.41) is 3.97. The van der Waals surface area contributed by atoms with E-state index in [-0.39, 0.29) is 23.8 Å². The number of likely N-dealkylation sites (tertiary alicyclic amines) is 1. The second-order valence-electron chi connectivity index (χ2n) is 7.66. The van der Waals surface area contributed by atoms with Gasteiger partial charge < -0.3 is 10.2 Å². The Bertz CT molecular complexity index is 829. The monoisotopic (exact) mass is 397 g/mol. The van der Waals surface area contributed by atoms with Crippen LogP contribution in [0.2, 0.25) is 5.02 Å². The van der Waals surface area contributed by atoms with Crippen LogP contribution in [0.3, 0.4) is 0 Å². The zero-order valence-electron chi connectivity index (χ0n) is 15.7. The van der Waals surface area contributed by atoms with Crippen LogP contribution >= 0.6 is 11.6 Å². The molecule has 1 aliphatic carbocycles. The van der Waals surface area contributed by atoms with Crippen molar-refractivity contribution < 1.29 is 9.59 Å². The molecule has 1 N–H and O–H groups in total. The van der Waals surface area contributed by atoms with E-state index < -0.39 is 0 Å². The summed E-state index contributed by atoms with van der Waals surface area (Å²) in [5.74, 6) is 0.491. The van der Waals surface area contributed by atoms with Gasteiger partial charge in [0.25, 0.3) is 5.91 Å². The average Bonchev–Trinajstić information content (AvgIpc) is 3.58. The molecule has 6 heteroatoms. The maximum atomic E-state index is 12.9. The number of rotatable bonds is 5. The van der Waals surface area contributed by atoms with E-state index in [1.807, 2.05) is 30.3 Å². The molecule has 1 aromatic carbocycles. The van der Waals surface area contributed by atoms with E-state index in [4.69, 9.17) is 11.6 Å². The fourth-order valence-electron chi connectivity index (χ4n) is 3.84. The molecule has 2 aliphatic rings. The van der Waals surface area contributed by atoms with E-state index in [2.05, 4.69) is 10.3 Å². The topological polar surface area (TPSA) is 62.3 Å². The van der Waals surface area contributed by atoms with E-state index in [9.17, 15) is 9.59 Å². The molecule has 1 atom stereocenters. The zero-order valence-corrected chi connectivity index (χ0v) is 16.4. The van der Waals surface area contributed by atoms with Crippen LogP contribution in [0.5, 0.6) is 0 Å². The summed E-state index contributed by atoms with van der Waals surface area (Å²) in [6, 6.07) is 13.1. The molecule has 2 heterocycles. The molecule has 0 bridgehead atoms. The molecule has 28 heavy (non-hydrogen) atoms. The van der Waals surface area contributed by atoms with Crippen LogP contribution in [0.1, 0.15) is 47.8 Å². The third-order valence-corrected chi connectivity index (χ3v) is 5.91. The second kappa shape index (κ2) is 8.31. The first-order valence-electron chi connectivity index (χ1n) is 9.88. The molecule has 146 valence electrons. The number of carbonyl (C=O) groups excluding carboxylic acids is 2. The normalized spacial score (nSPS) is 18.5. The van der Waals surface area contributed by atoms with Crippen molar-refractivity contribution >= 4 is 23.4 Å². The lowest BCUT2D eigenvalue weighted by molar-refractivity contribution is -0.127. The smallest absolute Gasteiger partial charge is 0.272 e. The van der Waals surface area contributed by atoms with Gasteiger partial charge in [-0.3, -0.25) is 14.6 Å². The van der Waals surface area contributed by atoms with Crippen molar-refractivity contribution in [3.8, 4) is 0 Å². The molecule has 2 amide bonds. The fourth-order valence-corrected chi connectivity index (χ4v) is 3.97. The number of hydrogen-bond acceptors (Lipinski definition) is 3. The Labute approximate surface area is 170 Å². The van der Waals surface area contributed by atoms with E-state index >= 15 is 0 Å². The summed E-state index contributed by atoms with van der Waals surface area (Å²) in [6.45, 7) is 1.17. The lowest BCUT2D eigenvalue weighted by Gasteiger charge is -2.32. The van der Waals surface area contributed by atoms with Crippen LogP contribution in [0, 0.1) is 11.8 Å². The largest absolute Gasteiger partial charge is 0.349 e. The molecule has 2 aromatic rings. The van der Waals surface area contributed by atoms with Gasteiger partial charge in [0, 0.05) is 30.2 Å². The lowest BCUT2D eigenvalue weighted by Crippen LogP contribution is -2.44. The van der Waals surface area contributed by atoms with Gasteiger partial charge >= 0.3 is 0 Å². The minimum absolute atomic E-state index is 0.0537. The number of amides is 2. The Morgan fingerprint density at radius 3 is 2.36 bits per heavy atom. The van der Waals surface area contributed by atoms with Crippen LogP contribution in [0.25, 0.3) is 0 Å². The molecule has 2 fully saturated rings. The second-order valence-corrected chi connectivity index (χ2v) is 8.09. The van der Waals surface area contributed by atoms with Crippen molar-refractivity contribution in [1.82, 2.24) is 15.2 Å². The van der Waals surface area contributed by atoms with Crippen LogP contribution in [-0.4, -0.2) is 34.8 Å². The Balaban J connectivity index is 1.34. The summed E-state index contributed by atoms with van der Waals surface area (Å²) >= 11 is 6.00. The molecule has 1 saturated heterocycles. The van der Waals surface area contributed by atoms with Crippen molar-refractivity contribution in [3.05, 3.63) is 64.9 Å². The number of pyridine rings is 1. The number of piperidine rings is 1. The number of benzene rings is 1. The standard InChI is InChI=1S/C22H24ClN3O2/c23-18-8-6-16(7-9-18)20(15-4-5-15)25-21(27)17-10-13-26(14-11-17)22(28)19-3-1-2-12-24-19/h1-3,6-9,12,15,17,20H,4-5,10-11,13-14H2,(H,25,27)/t20-/m1/s1. The molecule has 1 aromatic heterocycles. The maximum Gasteiger partial charge on any atom is 0.272 e. The lowest BCUT2D eigenvalue weighted by atomic mass is 9.94. The number of carbonyl (C=O) groups is 2. The van der Waals surface area contributed by atoms with Crippen molar-refractivity contribution in [2.45, 2.75) is 31.7 Å². The van der Waals surface area contributed by atoms with Crippen LogP contribution in [0.15, 0.2) is 48.7 Å². The highest BCUT2D eigenvalue weighted by atomic mass is 35.5. The zero-order chi connectivity index (χ0) is 19.5. The first kappa shape index (κ1) is 18.9. The van der Waals surface area contributed by atoms with Crippen LogP contribution in [-0.2, 0) is 4.79 Å². The minimum Gasteiger partial charge on any atom is -0.349 e. The van der Waals surface area contributed by atoms with E-state index in [0.29, 0.717) is 42.6 Å². The van der Waals surface area contributed by atoms with Gasteiger partial charge in [0.05, 0.1) is 6.04 Å². The van der Waals surface area contributed by atoms with Gasteiger partial charge in [-0.25, -0.2) is 0 Å². The summed E-state index contributed by atoms with van der Waals surface area (Å²) in [6.07, 6.45) is 5.28. The SMILES string of the molecule is O=C(N[C@@H](c1ccc(Cl)cc1)C1CC1)C1CCN(C(=O)c2ccccn2)CC1. The molecule has 1 aliphatic heterocycles. The van der Waals surface area contributed by atoms with Gasteiger partial charge in [0.1, 0.15) is 5.69 Å². The fraction of sp³-hybridized carbons (Fsp3) is 0.409. The minimum atomic E-state index is -0.0588. The number of hydrogen-bond donors (Lipinski definition) is 1. The molecule has 4 rings (SSSR count). The predicted octanol–water partition coefficient (Wildman–Crippen LogP) is 3.85. The number of halogens is 1. The van der Waals surface area contributed by atoms with Gasteiger partial charge in [-0.2, -0.15) is 0 Å². The van der Waals surface area contributed by atoms with E-state index in [1.54, 1.807) is 23.2 Å². The van der Waals surface area contributed by atoms with Crippen molar-refractivity contribution in [3.63, 3.8) is 0 Å². The molecular formula is C22H24ClN3O2. The van der Waals surface area contributed by atoms with Crippen molar-refractivity contribution in [1.29, 1.82) is 0 Å². The third kappa shape index (κ3) is 4.36. The quantitative estimate of drug-likeness (QED) is 0.833. The van der Waals surface area contributed by atoms with Gasteiger partial charge in [-0.15, -0.1) is 0 Å². The molecule has 5 nitrogen and oxygen atoms in total. The van der Waals surface area contributed by atoms with Gasteiger partial charge in [-0.1, -0.05) is 29.8 Å². The average molecular weight is 398 g/mol. The Kier molecular flexibility index (Phi) is 5.62. The highest BCUT2D eigenvalue weighted by Gasteiger charge is 2.35. The first-order valence-corrected chi connectivity index (χ1v) is 10.3. The molecule has 0 radical (unpaired) electrons. The predicted molar refractivity (Wildman–Crippen MR) is 108 cm³/mol. The number of aromatic nitrogens is 1. The Hall–Kier alpha value is -2.40. The molecule has 1 saturated carbocycles. The maximum absolute atomic E-state index is 12.9. The Morgan fingerprint density at radius 2 is 1.75 bits per heavy atom. The van der Waals surface area contributed by atoms with Gasteiger partial charge in [-0.05, 0) is 61.4 Å². The molecular weight excluding hydrogens is 374 g/mol. The summed E-state index contributed by atoms with van der Waals surface area (Å²) in [7, 11) is 0. The Morgan fingerprint density at radius 1 is 1.04 bits per heavy atom.